The molecular weight excluding hydrogens is 392 g/mol. The second kappa shape index (κ2) is 11.2. The highest BCUT2D eigenvalue weighted by Gasteiger charge is 2.20. The normalized spacial score (nSPS) is 14.4. The van der Waals surface area contributed by atoms with E-state index in [-0.39, 0.29) is 5.91 Å². The average molecular weight is 425 g/mol. The van der Waals surface area contributed by atoms with Gasteiger partial charge in [-0.25, -0.2) is 4.98 Å². The fourth-order valence-corrected chi connectivity index (χ4v) is 3.41. The molecule has 1 saturated heterocycles. The van der Waals surface area contributed by atoms with Crippen molar-refractivity contribution in [3.63, 3.8) is 0 Å². The average Bonchev–Trinajstić information content (AvgIpc) is 2.80. The van der Waals surface area contributed by atoms with Crippen LogP contribution in [0, 0.1) is 6.92 Å². The van der Waals surface area contributed by atoms with Gasteiger partial charge in [0.15, 0.2) is 5.96 Å². The van der Waals surface area contributed by atoms with E-state index in [9.17, 15) is 4.79 Å². The van der Waals surface area contributed by atoms with Gasteiger partial charge in [-0.1, -0.05) is 6.07 Å². The molecule has 0 unspecified atom stereocenters. The van der Waals surface area contributed by atoms with Crippen molar-refractivity contribution in [2.75, 3.05) is 56.6 Å². The third-order valence-electron chi connectivity index (χ3n) is 5.13. The molecule has 0 radical (unpaired) electrons. The summed E-state index contributed by atoms with van der Waals surface area (Å²) < 4.78 is 5.24. The van der Waals surface area contributed by atoms with Gasteiger partial charge in [0.25, 0.3) is 0 Å². The quantitative estimate of drug-likeness (QED) is 0.525. The number of aliphatic imine (C=N–C) groups is 1. The van der Waals surface area contributed by atoms with Gasteiger partial charge in [0, 0.05) is 51.0 Å². The maximum absolute atomic E-state index is 12.2. The predicted molar refractivity (Wildman–Crippen MR) is 125 cm³/mol. The van der Waals surface area contributed by atoms with Crippen molar-refractivity contribution in [2.45, 2.75) is 20.3 Å². The van der Waals surface area contributed by atoms with E-state index in [1.807, 2.05) is 31.2 Å². The van der Waals surface area contributed by atoms with E-state index in [2.05, 4.69) is 49.5 Å². The lowest BCUT2D eigenvalue weighted by molar-refractivity contribution is -0.116. The number of hydrogen-bond donors (Lipinski definition) is 2. The molecule has 0 bridgehead atoms. The summed E-state index contributed by atoms with van der Waals surface area (Å²) in [4.78, 5) is 25.7. The number of aryl methyl sites for hydroxylation is 1. The Morgan fingerprint density at radius 2 is 1.87 bits per heavy atom. The van der Waals surface area contributed by atoms with E-state index in [0.29, 0.717) is 18.8 Å². The van der Waals surface area contributed by atoms with Gasteiger partial charge >= 0.3 is 0 Å². The number of hydrogen-bond acceptors (Lipinski definition) is 5. The number of nitrogens with one attached hydrogen (secondary N) is 2. The molecule has 31 heavy (non-hydrogen) atoms. The Labute approximate surface area is 184 Å². The van der Waals surface area contributed by atoms with E-state index in [1.54, 1.807) is 13.3 Å². The van der Waals surface area contributed by atoms with Gasteiger partial charge in [-0.15, -0.1) is 0 Å². The largest absolute Gasteiger partial charge is 0.497 e. The van der Waals surface area contributed by atoms with Crippen LogP contribution in [0.4, 0.5) is 11.5 Å². The van der Waals surface area contributed by atoms with Crippen molar-refractivity contribution in [3.8, 4) is 5.75 Å². The van der Waals surface area contributed by atoms with Crippen molar-refractivity contribution in [1.82, 2.24) is 15.2 Å². The van der Waals surface area contributed by atoms with Crippen LogP contribution in [0.2, 0.25) is 0 Å². The fraction of sp³-hybridized carbons (Fsp3) is 0.435. The Balaban J connectivity index is 1.49. The minimum atomic E-state index is -0.0831. The van der Waals surface area contributed by atoms with E-state index in [1.165, 1.54) is 5.69 Å². The maximum atomic E-state index is 12.2. The Bertz CT molecular complexity index is 859. The molecule has 8 heteroatoms. The number of guanidine groups is 1. The molecule has 2 heterocycles. The SMILES string of the molecule is CCNC(=NCCC(=O)Nc1ccc(C)cn1)N1CCN(c2ccc(OC)cc2)CC1. The van der Waals surface area contributed by atoms with Gasteiger partial charge in [-0.05, 0) is 49.7 Å². The first kappa shape index (κ1) is 22.4. The van der Waals surface area contributed by atoms with Gasteiger partial charge in [-0.2, -0.15) is 0 Å². The van der Waals surface area contributed by atoms with Crippen LogP contribution in [0.5, 0.6) is 5.75 Å². The van der Waals surface area contributed by atoms with E-state index >= 15 is 0 Å². The molecule has 1 aliphatic rings. The Hall–Kier alpha value is -3.29. The van der Waals surface area contributed by atoms with E-state index in [0.717, 1.165) is 50.0 Å². The van der Waals surface area contributed by atoms with Gasteiger partial charge in [0.05, 0.1) is 13.7 Å². The molecule has 2 aromatic rings. The maximum Gasteiger partial charge on any atom is 0.227 e. The number of methoxy groups -OCH3 is 1. The summed E-state index contributed by atoms with van der Waals surface area (Å²) in [5.41, 5.74) is 2.26. The zero-order valence-corrected chi connectivity index (χ0v) is 18.6. The number of piperazine rings is 1. The van der Waals surface area contributed by atoms with Crippen LogP contribution in [0.25, 0.3) is 0 Å². The molecule has 0 spiro atoms. The summed E-state index contributed by atoms with van der Waals surface area (Å²) >= 11 is 0. The van der Waals surface area contributed by atoms with Crippen LogP contribution in [0.3, 0.4) is 0 Å². The number of rotatable bonds is 7. The molecule has 1 amide bonds. The molecule has 166 valence electrons. The summed E-state index contributed by atoms with van der Waals surface area (Å²) in [6.45, 7) is 8.81. The van der Waals surface area contributed by atoms with Gasteiger partial charge < -0.3 is 25.2 Å². The minimum Gasteiger partial charge on any atom is -0.497 e. The van der Waals surface area contributed by atoms with Crippen molar-refractivity contribution < 1.29 is 9.53 Å². The second-order valence-electron chi connectivity index (χ2n) is 7.43. The lowest BCUT2D eigenvalue weighted by Gasteiger charge is -2.37. The van der Waals surface area contributed by atoms with Crippen LogP contribution >= 0.6 is 0 Å². The van der Waals surface area contributed by atoms with Gasteiger partial charge in [0.1, 0.15) is 11.6 Å². The van der Waals surface area contributed by atoms with Crippen molar-refractivity contribution >= 4 is 23.4 Å². The van der Waals surface area contributed by atoms with Crippen LogP contribution in [0.1, 0.15) is 18.9 Å². The highest BCUT2D eigenvalue weighted by atomic mass is 16.5. The highest BCUT2D eigenvalue weighted by Crippen LogP contribution is 2.20. The van der Waals surface area contributed by atoms with E-state index in [4.69, 9.17) is 4.74 Å². The van der Waals surface area contributed by atoms with Crippen molar-refractivity contribution in [1.29, 1.82) is 0 Å². The zero-order chi connectivity index (χ0) is 22.1. The number of pyridine rings is 1. The number of ether oxygens (including phenoxy) is 1. The van der Waals surface area contributed by atoms with Crippen LogP contribution in [-0.4, -0.2) is 68.1 Å². The van der Waals surface area contributed by atoms with Crippen molar-refractivity contribution in [3.05, 3.63) is 48.2 Å². The first-order chi connectivity index (χ1) is 15.1. The van der Waals surface area contributed by atoms with Crippen LogP contribution < -0.4 is 20.3 Å². The first-order valence-electron chi connectivity index (χ1n) is 10.7. The molecule has 1 fully saturated rings. The lowest BCUT2D eigenvalue weighted by atomic mass is 10.2. The molecule has 3 rings (SSSR count). The number of carbonyl (C=O) groups excluding carboxylic acids is 1. The summed E-state index contributed by atoms with van der Waals surface area (Å²) in [6.07, 6.45) is 2.05. The molecule has 0 atom stereocenters. The van der Waals surface area contributed by atoms with Crippen LogP contribution in [-0.2, 0) is 4.79 Å². The Morgan fingerprint density at radius 3 is 2.48 bits per heavy atom. The highest BCUT2D eigenvalue weighted by molar-refractivity contribution is 5.90. The number of nitrogens with zero attached hydrogens (tertiary/aromatic N) is 4. The molecule has 1 aromatic heterocycles. The zero-order valence-electron chi connectivity index (χ0n) is 18.6. The molecule has 1 aromatic carbocycles. The first-order valence-corrected chi connectivity index (χ1v) is 10.7. The third-order valence-corrected chi connectivity index (χ3v) is 5.13. The predicted octanol–water partition coefficient (Wildman–Crippen LogP) is 2.51. The molecular formula is C23H32N6O2. The third kappa shape index (κ3) is 6.60. The summed E-state index contributed by atoms with van der Waals surface area (Å²) in [7, 11) is 1.68. The summed E-state index contributed by atoms with van der Waals surface area (Å²) in [5, 5.41) is 6.17. The van der Waals surface area contributed by atoms with Crippen LogP contribution in [0.15, 0.2) is 47.6 Å². The van der Waals surface area contributed by atoms with Gasteiger partial charge in [-0.3, -0.25) is 9.79 Å². The number of carbonyl (C=O) groups is 1. The summed E-state index contributed by atoms with van der Waals surface area (Å²) in [5.74, 6) is 2.21. The number of amides is 1. The molecule has 8 nitrogen and oxygen atoms in total. The smallest absolute Gasteiger partial charge is 0.227 e. The minimum absolute atomic E-state index is 0.0831. The second-order valence-corrected chi connectivity index (χ2v) is 7.43. The number of aromatic nitrogens is 1. The number of benzene rings is 1. The van der Waals surface area contributed by atoms with E-state index < -0.39 is 0 Å². The Kier molecular flexibility index (Phi) is 8.09. The Morgan fingerprint density at radius 1 is 1.13 bits per heavy atom. The monoisotopic (exact) mass is 424 g/mol. The standard InChI is InChI=1S/C23H32N6O2/c1-4-24-23(25-12-11-22(30)27-21-10-5-18(2)17-26-21)29-15-13-28(14-16-29)19-6-8-20(31-3)9-7-19/h5-10,17H,4,11-16H2,1-3H3,(H,24,25)(H,26,27,30). The fourth-order valence-electron chi connectivity index (χ4n) is 3.41. The summed E-state index contributed by atoms with van der Waals surface area (Å²) in [6, 6.07) is 11.9. The molecule has 2 N–H and O–H groups in total. The number of anilines is 2. The van der Waals surface area contributed by atoms with Crippen molar-refractivity contribution in [2.24, 2.45) is 4.99 Å². The molecule has 0 saturated carbocycles. The molecule has 0 aliphatic carbocycles. The molecule has 1 aliphatic heterocycles. The topological polar surface area (TPSA) is 82.1 Å². The lowest BCUT2D eigenvalue weighted by Crippen LogP contribution is -2.52. The van der Waals surface area contributed by atoms with Gasteiger partial charge in [0.2, 0.25) is 5.91 Å².